The molecule has 1 N–H and O–H groups in total. The lowest BCUT2D eigenvalue weighted by atomic mass is 10.1. The molecule has 0 saturated heterocycles. The first-order valence-corrected chi connectivity index (χ1v) is 7.45. The predicted molar refractivity (Wildman–Crippen MR) is 87.7 cm³/mol. The third kappa shape index (κ3) is 3.71. The van der Waals surface area contributed by atoms with E-state index in [-0.39, 0.29) is 5.56 Å². The highest BCUT2D eigenvalue weighted by atomic mass is 19.4. The zero-order chi connectivity index (χ0) is 18.0. The first kappa shape index (κ1) is 16.8. The van der Waals surface area contributed by atoms with Crippen molar-refractivity contribution in [3.63, 3.8) is 0 Å². The van der Waals surface area contributed by atoms with Crippen molar-refractivity contribution in [1.29, 1.82) is 0 Å². The Balaban J connectivity index is 1.85. The molecule has 1 aromatic heterocycles. The van der Waals surface area contributed by atoms with Crippen molar-refractivity contribution in [1.82, 2.24) is 9.78 Å². The number of halogens is 3. The van der Waals surface area contributed by atoms with Crippen molar-refractivity contribution >= 4 is 11.7 Å². The van der Waals surface area contributed by atoms with Crippen LogP contribution in [0, 0.1) is 6.92 Å². The van der Waals surface area contributed by atoms with Gasteiger partial charge in [0.1, 0.15) is 5.82 Å². The summed E-state index contributed by atoms with van der Waals surface area (Å²) in [6, 6.07) is 15.0. The highest BCUT2D eigenvalue weighted by molar-refractivity contribution is 6.04. The molecule has 0 fully saturated rings. The Labute approximate surface area is 141 Å². The Bertz CT molecular complexity index is 884. The number of rotatable bonds is 3. The lowest BCUT2D eigenvalue weighted by molar-refractivity contribution is -0.137. The number of para-hydroxylation sites is 1. The van der Waals surface area contributed by atoms with Gasteiger partial charge in [0.25, 0.3) is 5.91 Å². The molecule has 2 aromatic carbocycles. The Kier molecular flexibility index (Phi) is 4.31. The Hall–Kier alpha value is -3.09. The van der Waals surface area contributed by atoms with Crippen LogP contribution in [0.25, 0.3) is 5.69 Å². The van der Waals surface area contributed by atoms with Crippen molar-refractivity contribution in [2.45, 2.75) is 13.1 Å². The standard InChI is InChI=1S/C18H14F3N3O/c1-12-11-16(24(23-12)15-5-3-2-4-6-15)22-17(25)13-7-9-14(10-8-13)18(19,20)21/h2-11H,1H3,(H,22,25). The SMILES string of the molecule is Cc1cc(NC(=O)c2ccc(C(F)(F)F)cc2)n(-c2ccccc2)n1. The molecule has 4 nitrogen and oxygen atoms in total. The van der Waals surface area contributed by atoms with Crippen LogP contribution in [0.15, 0.2) is 60.7 Å². The third-order valence-corrected chi connectivity index (χ3v) is 3.55. The van der Waals surface area contributed by atoms with Crippen molar-refractivity contribution in [3.8, 4) is 5.69 Å². The fourth-order valence-corrected chi connectivity index (χ4v) is 2.35. The van der Waals surface area contributed by atoms with Crippen LogP contribution in [0.1, 0.15) is 21.6 Å². The number of aryl methyl sites for hydroxylation is 1. The smallest absolute Gasteiger partial charge is 0.306 e. The molecule has 0 aliphatic carbocycles. The van der Waals surface area contributed by atoms with Crippen molar-refractivity contribution < 1.29 is 18.0 Å². The summed E-state index contributed by atoms with van der Waals surface area (Å²) >= 11 is 0. The van der Waals surface area contributed by atoms with E-state index >= 15 is 0 Å². The number of aromatic nitrogens is 2. The molecule has 0 aliphatic rings. The van der Waals surface area contributed by atoms with Crippen LogP contribution < -0.4 is 5.32 Å². The fraction of sp³-hybridized carbons (Fsp3) is 0.111. The van der Waals surface area contributed by atoms with Crippen LogP contribution in [0.3, 0.4) is 0 Å². The van der Waals surface area contributed by atoms with Gasteiger partial charge in [0.05, 0.1) is 16.9 Å². The maximum absolute atomic E-state index is 12.6. The molecule has 128 valence electrons. The second kappa shape index (κ2) is 6.43. The predicted octanol–water partition coefficient (Wildman–Crippen LogP) is 4.45. The summed E-state index contributed by atoms with van der Waals surface area (Å²) in [7, 11) is 0. The van der Waals surface area contributed by atoms with Gasteiger partial charge in [-0.25, -0.2) is 4.68 Å². The molecule has 1 amide bonds. The maximum atomic E-state index is 12.6. The third-order valence-electron chi connectivity index (χ3n) is 3.55. The van der Waals surface area contributed by atoms with Gasteiger partial charge >= 0.3 is 6.18 Å². The Morgan fingerprint density at radius 1 is 1.04 bits per heavy atom. The van der Waals surface area contributed by atoms with Gasteiger partial charge in [-0.15, -0.1) is 0 Å². The number of amides is 1. The van der Waals surface area contributed by atoms with Crippen LogP contribution in [0.2, 0.25) is 0 Å². The summed E-state index contributed by atoms with van der Waals surface area (Å²) in [4.78, 5) is 12.3. The number of nitrogens with zero attached hydrogens (tertiary/aromatic N) is 2. The summed E-state index contributed by atoms with van der Waals surface area (Å²) in [6.45, 7) is 1.78. The second-order valence-electron chi connectivity index (χ2n) is 5.45. The molecule has 0 spiro atoms. The largest absolute Gasteiger partial charge is 0.416 e. The molecule has 0 saturated carbocycles. The van der Waals surface area contributed by atoms with E-state index in [0.717, 1.165) is 30.0 Å². The highest BCUT2D eigenvalue weighted by Crippen LogP contribution is 2.29. The molecular formula is C18H14F3N3O. The van der Waals surface area contributed by atoms with Gasteiger partial charge in [0.15, 0.2) is 0 Å². The molecule has 7 heteroatoms. The Morgan fingerprint density at radius 3 is 2.28 bits per heavy atom. The zero-order valence-corrected chi connectivity index (χ0v) is 13.2. The van der Waals surface area contributed by atoms with Gasteiger partial charge in [-0.2, -0.15) is 18.3 Å². The van der Waals surface area contributed by atoms with E-state index in [1.807, 2.05) is 30.3 Å². The lowest BCUT2D eigenvalue weighted by Crippen LogP contribution is -2.15. The number of anilines is 1. The average Bonchev–Trinajstić information content (AvgIpc) is 2.95. The number of carbonyl (C=O) groups excluding carboxylic acids is 1. The van der Waals surface area contributed by atoms with E-state index < -0.39 is 17.6 Å². The molecular weight excluding hydrogens is 331 g/mol. The van der Waals surface area contributed by atoms with Crippen LogP contribution in [-0.4, -0.2) is 15.7 Å². The summed E-state index contributed by atoms with van der Waals surface area (Å²) in [6.07, 6.45) is -4.43. The van der Waals surface area contributed by atoms with Gasteiger partial charge in [-0.3, -0.25) is 4.79 Å². The number of benzene rings is 2. The van der Waals surface area contributed by atoms with E-state index in [1.165, 1.54) is 0 Å². The molecule has 3 aromatic rings. The van der Waals surface area contributed by atoms with E-state index in [0.29, 0.717) is 11.5 Å². The quantitative estimate of drug-likeness (QED) is 0.762. The molecule has 1 heterocycles. The van der Waals surface area contributed by atoms with E-state index in [2.05, 4.69) is 10.4 Å². The normalized spacial score (nSPS) is 11.4. The molecule has 0 aliphatic heterocycles. The molecule has 0 atom stereocenters. The minimum atomic E-state index is -4.43. The average molecular weight is 345 g/mol. The fourth-order valence-electron chi connectivity index (χ4n) is 2.35. The second-order valence-corrected chi connectivity index (χ2v) is 5.45. The van der Waals surface area contributed by atoms with E-state index in [4.69, 9.17) is 0 Å². The molecule has 0 radical (unpaired) electrons. The maximum Gasteiger partial charge on any atom is 0.416 e. The molecule has 3 rings (SSSR count). The number of carbonyl (C=O) groups is 1. The van der Waals surface area contributed by atoms with Crippen molar-refractivity contribution in [2.75, 3.05) is 5.32 Å². The van der Waals surface area contributed by atoms with Crippen molar-refractivity contribution in [3.05, 3.63) is 77.5 Å². The number of alkyl halides is 3. The molecule has 0 bridgehead atoms. The number of hydrogen-bond acceptors (Lipinski definition) is 2. The first-order valence-electron chi connectivity index (χ1n) is 7.45. The zero-order valence-electron chi connectivity index (χ0n) is 13.2. The summed E-state index contributed by atoms with van der Waals surface area (Å²) < 4.78 is 39.4. The minimum absolute atomic E-state index is 0.131. The van der Waals surface area contributed by atoms with Crippen LogP contribution in [-0.2, 0) is 6.18 Å². The topological polar surface area (TPSA) is 46.9 Å². The van der Waals surface area contributed by atoms with Gasteiger partial charge in [-0.1, -0.05) is 18.2 Å². The van der Waals surface area contributed by atoms with Gasteiger partial charge in [0, 0.05) is 11.6 Å². The van der Waals surface area contributed by atoms with Gasteiger partial charge in [0.2, 0.25) is 0 Å². The van der Waals surface area contributed by atoms with Gasteiger partial charge < -0.3 is 5.32 Å². The molecule has 25 heavy (non-hydrogen) atoms. The van der Waals surface area contributed by atoms with Gasteiger partial charge in [-0.05, 0) is 43.3 Å². The number of nitrogens with one attached hydrogen (secondary N) is 1. The van der Waals surface area contributed by atoms with Crippen LogP contribution >= 0.6 is 0 Å². The Morgan fingerprint density at radius 2 is 1.68 bits per heavy atom. The minimum Gasteiger partial charge on any atom is -0.306 e. The van der Waals surface area contributed by atoms with Crippen molar-refractivity contribution in [2.24, 2.45) is 0 Å². The summed E-state index contributed by atoms with van der Waals surface area (Å²) in [5.74, 6) is -0.0700. The van der Waals surface area contributed by atoms with Crippen LogP contribution in [0.5, 0.6) is 0 Å². The lowest BCUT2D eigenvalue weighted by Gasteiger charge is -2.10. The van der Waals surface area contributed by atoms with Crippen LogP contribution in [0.4, 0.5) is 19.0 Å². The van der Waals surface area contributed by atoms with E-state index in [9.17, 15) is 18.0 Å². The molecule has 0 unspecified atom stereocenters. The summed E-state index contributed by atoms with van der Waals surface area (Å²) in [5.41, 5.74) is 0.797. The summed E-state index contributed by atoms with van der Waals surface area (Å²) in [5, 5.41) is 7.01. The number of hydrogen-bond donors (Lipinski definition) is 1. The van der Waals surface area contributed by atoms with E-state index in [1.54, 1.807) is 17.7 Å². The first-order chi connectivity index (χ1) is 11.8. The highest BCUT2D eigenvalue weighted by Gasteiger charge is 2.30. The monoisotopic (exact) mass is 345 g/mol.